The molecule has 4 N–H and O–H groups in total. The zero-order valence-corrected chi connectivity index (χ0v) is 17.1. The van der Waals surface area contributed by atoms with Crippen molar-refractivity contribution in [2.24, 2.45) is 5.73 Å². The molecule has 2 aliphatic heterocycles. The van der Waals surface area contributed by atoms with Gasteiger partial charge in [0.1, 0.15) is 0 Å². The largest absolute Gasteiger partial charge is 0.379 e. The fourth-order valence-corrected chi connectivity index (χ4v) is 3.56. The number of anilines is 1. The van der Waals surface area contributed by atoms with Crippen molar-refractivity contribution in [3.63, 3.8) is 0 Å². The molecule has 0 bridgehead atoms. The van der Waals surface area contributed by atoms with Gasteiger partial charge in [-0.1, -0.05) is 24.0 Å². The van der Waals surface area contributed by atoms with Gasteiger partial charge in [-0.25, -0.2) is 9.97 Å². The first-order chi connectivity index (χ1) is 14.9. The van der Waals surface area contributed by atoms with Crippen molar-refractivity contribution in [2.75, 3.05) is 32.1 Å². The molecule has 160 valence electrons. The van der Waals surface area contributed by atoms with Gasteiger partial charge in [0.2, 0.25) is 5.60 Å². The molecule has 0 spiro atoms. The first-order valence-corrected chi connectivity index (χ1v) is 9.98. The Bertz CT molecular complexity index is 1090. The smallest absolute Gasteiger partial charge is 0.269 e. The third-order valence-electron chi connectivity index (χ3n) is 5.36. The van der Waals surface area contributed by atoms with Crippen molar-refractivity contribution >= 4 is 17.5 Å². The lowest BCUT2D eigenvalue weighted by molar-refractivity contribution is -0.137. The lowest BCUT2D eigenvalue weighted by atomic mass is 10.0. The van der Waals surface area contributed by atoms with Gasteiger partial charge in [-0.2, -0.15) is 0 Å². The number of primary amides is 1. The third-order valence-corrected chi connectivity index (χ3v) is 5.36. The quantitative estimate of drug-likeness (QED) is 0.609. The van der Waals surface area contributed by atoms with Gasteiger partial charge >= 0.3 is 0 Å². The van der Waals surface area contributed by atoms with E-state index in [0.29, 0.717) is 42.4 Å². The SMILES string of the molecule is CN1CC[C@@](O)(C#Cc2cccc(-c3ncc(N[C@H]4CCOC4)c(C(N)=O)n3)c2)C1=O. The Labute approximate surface area is 179 Å². The molecule has 9 nitrogen and oxygen atoms in total. The third kappa shape index (κ3) is 4.35. The van der Waals surface area contributed by atoms with Crippen molar-refractivity contribution in [1.29, 1.82) is 0 Å². The van der Waals surface area contributed by atoms with Crippen molar-refractivity contribution in [3.05, 3.63) is 41.7 Å². The summed E-state index contributed by atoms with van der Waals surface area (Å²) in [7, 11) is 1.63. The lowest BCUT2D eigenvalue weighted by Gasteiger charge is -2.14. The Morgan fingerprint density at radius 2 is 2.29 bits per heavy atom. The molecular formula is C22H23N5O4. The number of benzene rings is 1. The van der Waals surface area contributed by atoms with Crippen LogP contribution in [0.1, 0.15) is 28.9 Å². The number of hydrogen-bond acceptors (Lipinski definition) is 7. The Hall–Kier alpha value is -3.48. The summed E-state index contributed by atoms with van der Waals surface area (Å²) in [5, 5.41) is 13.7. The van der Waals surface area contributed by atoms with E-state index in [1.165, 1.54) is 11.1 Å². The molecule has 2 atom stereocenters. The van der Waals surface area contributed by atoms with Crippen LogP contribution in [0.15, 0.2) is 30.5 Å². The zero-order chi connectivity index (χ0) is 22.0. The van der Waals surface area contributed by atoms with E-state index >= 15 is 0 Å². The summed E-state index contributed by atoms with van der Waals surface area (Å²) in [6, 6.07) is 7.12. The number of carbonyl (C=O) groups is 2. The van der Waals surface area contributed by atoms with Crippen LogP contribution in [0.2, 0.25) is 0 Å². The van der Waals surface area contributed by atoms with Crippen LogP contribution in [0.3, 0.4) is 0 Å². The van der Waals surface area contributed by atoms with Gasteiger partial charge in [0.05, 0.1) is 24.5 Å². The highest BCUT2D eigenvalue weighted by molar-refractivity contribution is 5.96. The second-order valence-corrected chi connectivity index (χ2v) is 7.69. The molecule has 4 rings (SSSR count). The average molecular weight is 421 g/mol. The summed E-state index contributed by atoms with van der Waals surface area (Å²) in [5.74, 6) is 4.81. The number of aromatic nitrogens is 2. The molecule has 2 saturated heterocycles. The van der Waals surface area contributed by atoms with Gasteiger partial charge < -0.3 is 25.8 Å². The Kier molecular flexibility index (Phi) is 5.59. The first kappa shape index (κ1) is 20.8. The number of likely N-dealkylation sites (tertiary alicyclic amines) is 1. The highest BCUT2D eigenvalue weighted by Gasteiger charge is 2.42. The van der Waals surface area contributed by atoms with E-state index in [1.54, 1.807) is 31.3 Å². The summed E-state index contributed by atoms with van der Waals surface area (Å²) >= 11 is 0. The molecule has 0 radical (unpaired) electrons. The van der Waals surface area contributed by atoms with Gasteiger partial charge in [-0.3, -0.25) is 9.59 Å². The number of rotatable bonds is 4. The average Bonchev–Trinajstić information content (AvgIpc) is 3.37. The maximum atomic E-state index is 12.1. The standard InChI is InChI=1S/C22H23N5O4/c1-27-9-8-22(30,21(27)29)7-5-14-3-2-4-15(11-14)20-24-12-17(18(26-20)19(23)28)25-16-6-10-31-13-16/h2-4,11-12,16,25,30H,6,8-10,13H2,1H3,(H2,23,28)/t16-,22-/m0/s1. The molecule has 1 aromatic carbocycles. The normalized spacial score (nSPS) is 22.8. The van der Waals surface area contributed by atoms with E-state index in [9.17, 15) is 14.7 Å². The molecule has 2 aromatic rings. The fraction of sp³-hybridized carbons (Fsp3) is 0.364. The number of ether oxygens (including phenoxy) is 1. The second kappa shape index (κ2) is 8.34. The second-order valence-electron chi connectivity index (χ2n) is 7.69. The van der Waals surface area contributed by atoms with E-state index in [-0.39, 0.29) is 18.2 Å². The highest BCUT2D eigenvalue weighted by Crippen LogP contribution is 2.23. The fourth-order valence-electron chi connectivity index (χ4n) is 3.56. The monoisotopic (exact) mass is 421 g/mol. The van der Waals surface area contributed by atoms with Crippen LogP contribution in [0.5, 0.6) is 0 Å². The molecule has 1 aromatic heterocycles. The number of hydrogen-bond donors (Lipinski definition) is 3. The Morgan fingerprint density at radius 3 is 2.97 bits per heavy atom. The predicted molar refractivity (Wildman–Crippen MR) is 113 cm³/mol. The predicted octanol–water partition coefficient (Wildman–Crippen LogP) is 0.388. The summed E-state index contributed by atoms with van der Waals surface area (Å²) in [6.45, 7) is 1.67. The summed E-state index contributed by atoms with van der Waals surface area (Å²) in [5.41, 5.74) is 5.65. The number of aliphatic hydroxyl groups is 1. The summed E-state index contributed by atoms with van der Waals surface area (Å²) in [6.07, 6.45) is 2.63. The molecule has 3 heterocycles. The minimum Gasteiger partial charge on any atom is -0.379 e. The van der Waals surface area contributed by atoms with E-state index < -0.39 is 17.4 Å². The summed E-state index contributed by atoms with van der Waals surface area (Å²) < 4.78 is 5.34. The minimum atomic E-state index is -1.67. The van der Waals surface area contributed by atoms with Crippen LogP contribution >= 0.6 is 0 Å². The van der Waals surface area contributed by atoms with Crippen LogP contribution in [0, 0.1) is 11.8 Å². The van der Waals surface area contributed by atoms with Gasteiger partial charge in [0, 0.05) is 37.7 Å². The van der Waals surface area contributed by atoms with E-state index in [1.807, 2.05) is 0 Å². The topological polar surface area (TPSA) is 131 Å². The van der Waals surface area contributed by atoms with Gasteiger partial charge in [0.25, 0.3) is 11.8 Å². The zero-order valence-electron chi connectivity index (χ0n) is 17.1. The minimum absolute atomic E-state index is 0.0781. The number of likely N-dealkylation sites (N-methyl/N-ethyl adjacent to an activating group) is 1. The van der Waals surface area contributed by atoms with Crippen LogP contribution < -0.4 is 11.1 Å². The molecule has 9 heteroatoms. The van der Waals surface area contributed by atoms with Gasteiger partial charge in [0.15, 0.2) is 11.5 Å². The molecule has 0 aliphatic carbocycles. The molecule has 0 saturated carbocycles. The lowest BCUT2D eigenvalue weighted by Crippen LogP contribution is -2.37. The molecule has 2 fully saturated rings. The van der Waals surface area contributed by atoms with E-state index in [2.05, 4.69) is 27.1 Å². The van der Waals surface area contributed by atoms with Gasteiger partial charge in [-0.15, -0.1) is 0 Å². The van der Waals surface area contributed by atoms with E-state index in [0.717, 1.165) is 6.42 Å². The number of carbonyl (C=O) groups excluding carboxylic acids is 2. The molecule has 2 amide bonds. The van der Waals surface area contributed by atoms with Crippen molar-refractivity contribution in [3.8, 4) is 23.2 Å². The summed E-state index contributed by atoms with van der Waals surface area (Å²) in [4.78, 5) is 34.2. The number of nitrogens with one attached hydrogen (secondary N) is 1. The Morgan fingerprint density at radius 1 is 1.45 bits per heavy atom. The highest BCUT2D eigenvalue weighted by atomic mass is 16.5. The number of amides is 2. The van der Waals surface area contributed by atoms with Crippen LogP contribution in [0.25, 0.3) is 11.4 Å². The van der Waals surface area contributed by atoms with Crippen molar-refractivity contribution in [1.82, 2.24) is 14.9 Å². The Balaban J connectivity index is 1.60. The first-order valence-electron chi connectivity index (χ1n) is 9.98. The molecule has 31 heavy (non-hydrogen) atoms. The number of nitrogens with zero attached hydrogens (tertiary/aromatic N) is 3. The van der Waals surface area contributed by atoms with Crippen LogP contribution in [-0.2, 0) is 9.53 Å². The van der Waals surface area contributed by atoms with Crippen LogP contribution in [0.4, 0.5) is 5.69 Å². The van der Waals surface area contributed by atoms with Gasteiger partial charge in [-0.05, 0) is 18.6 Å². The van der Waals surface area contributed by atoms with Crippen molar-refractivity contribution in [2.45, 2.75) is 24.5 Å². The molecular weight excluding hydrogens is 398 g/mol. The number of nitrogens with two attached hydrogens (primary N) is 1. The maximum Gasteiger partial charge on any atom is 0.269 e. The molecule has 2 aliphatic rings. The molecule has 0 unspecified atom stereocenters. The maximum absolute atomic E-state index is 12.1. The van der Waals surface area contributed by atoms with Crippen LogP contribution in [-0.4, -0.2) is 70.2 Å². The van der Waals surface area contributed by atoms with Crippen molar-refractivity contribution < 1.29 is 19.4 Å². The van der Waals surface area contributed by atoms with E-state index in [4.69, 9.17) is 10.5 Å².